The van der Waals surface area contributed by atoms with Gasteiger partial charge in [-0.25, -0.2) is 8.42 Å². The van der Waals surface area contributed by atoms with Gasteiger partial charge in [-0.15, -0.1) is 0 Å². The van der Waals surface area contributed by atoms with Crippen molar-refractivity contribution in [1.29, 1.82) is 0 Å². The predicted octanol–water partition coefficient (Wildman–Crippen LogP) is 1.44. The fourth-order valence-electron chi connectivity index (χ4n) is 3.66. The normalized spacial score (nSPS) is 23.0. The van der Waals surface area contributed by atoms with Crippen LogP contribution in [0.25, 0.3) is 0 Å². The van der Waals surface area contributed by atoms with Crippen molar-refractivity contribution < 1.29 is 17.6 Å². The number of sulfonamides is 1. The molecule has 2 aliphatic rings. The first-order valence-corrected chi connectivity index (χ1v) is 10.4. The summed E-state index contributed by atoms with van der Waals surface area (Å²) >= 11 is 0. The first-order chi connectivity index (χ1) is 11.9. The van der Waals surface area contributed by atoms with E-state index in [0.29, 0.717) is 25.6 Å². The first-order valence-electron chi connectivity index (χ1n) is 8.95. The van der Waals surface area contributed by atoms with Crippen LogP contribution >= 0.6 is 0 Å². The summed E-state index contributed by atoms with van der Waals surface area (Å²) in [6.07, 6.45) is 3.98. The fraction of sp³-hybridized carbons (Fsp3) is 0.706. The van der Waals surface area contributed by atoms with E-state index in [0.717, 1.165) is 38.8 Å². The summed E-state index contributed by atoms with van der Waals surface area (Å²) in [7, 11) is -1.49. The molecule has 2 saturated heterocycles. The van der Waals surface area contributed by atoms with Crippen LogP contribution in [0.4, 0.5) is 0 Å². The summed E-state index contributed by atoms with van der Waals surface area (Å²) in [4.78, 5) is 14.7. The minimum Gasteiger partial charge on any atom is -0.455 e. The maximum absolute atomic E-state index is 12.7. The standard InChI is InChI=1S/C17H27N3O4S/c1-13-16(25(22,23)20-8-3-4-9-20)10-15(24-13)17(21)18-11-14-6-5-7-19(2)12-14/h10,14H,3-9,11-12H2,1-2H3,(H,18,21). The average molecular weight is 369 g/mol. The van der Waals surface area contributed by atoms with Crippen molar-refractivity contribution in [2.24, 2.45) is 5.92 Å². The molecule has 2 fully saturated rings. The molecule has 1 aromatic rings. The molecule has 2 aliphatic heterocycles. The highest BCUT2D eigenvalue weighted by molar-refractivity contribution is 7.89. The van der Waals surface area contributed by atoms with Gasteiger partial charge in [0.05, 0.1) is 0 Å². The van der Waals surface area contributed by atoms with E-state index in [4.69, 9.17) is 4.42 Å². The molecule has 140 valence electrons. The van der Waals surface area contributed by atoms with Gasteiger partial charge >= 0.3 is 0 Å². The maximum Gasteiger partial charge on any atom is 0.287 e. The predicted molar refractivity (Wildman–Crippen MR) is 94.0 cm³/mol. The molecule has 1 N–H and O–H groups in total. The quantitative estimate of drug-likeness (QED) is 0.849. The molecule has 1 atom stereocenters. The number of piperidine rings is 1. The maximum atomic E-state index is 12.7. The summed E-state index contributed by atoms with van der Waals surface area (Å²) in [6, 6.07) is 1.37. The minimum atomic E-state index is -3.57. The van der Waals surface area contributed by atoms with Gasteiger partial charge in [-0.2, -0.15) is 4.31 Å². The van der Waals surface area contributed by atoms with Crippen LogP contribution in [0.2, 0.25) is 0 Å². The number of carbonyl (C=O) groups excluding carboxylic acids is 1. The van der Waals surface area contributed by atoms with Gasteiger partial charge in [-0.05, 0) is 52.1 Å². The zero-order valence-corrected chi connectivity index (χ0v) is 15.8. The zero-order chi connectivity index (χ0) is 18.0. The van der Waals surface area contributed by atoms with Crippen molar-refractivity contribution in [1.82, 2.24) is 14.5 Å². The van der Waals surface area contributed by atoms with Gasteiger partial charge in [-0.3, -0.25) is 4.79 Å². The molecule has 0 aromatic carbocycles. The van der Waals surface area contributed by atoms with E-state index in [1.54, 1.807) is 6.92 Å². The molecular formula is C17H27N3O4S. The highest BCUT2D eigenvalue weighted by Gasteiger charge is 2.31. The third-order valence-corrected chi connectivity index (χ3v) is 7.06. The lowest BCUT2D eigenvalue weighted by molar-refractivity contribution is 0.0908. The third kappa shape index (κ3) is 4.07. The molecule has 1 aromatic heterocycles. The van der Waals surface area contributed by atoms with Gasteiger partial charge in [0.1, 0.15) is 10.7 Å². The van der Waals surface area contributed by atoms with Crippen LogP contribution in [0.1, 0.15) is 42.0 Å². The molecule has 8 heteroatoms. The van der Waals surface area contributed by atoms with E-state index in [2.05, 4.69) is 17.3 Å². The Hall–Kier alpha value is -1.38. The molecule has 0 aliphatic carbocycles. The SMILES string of the molecule is Cc1oc(C(=O)NCC2CCCN(C)C2)cc1S(=O)(=O)N1CCCC1. The number of carbonyl (C=O) groups is 1. The van der Waals surface area contributed by atoms with E-state index < -0.39 is 10.0 Å². The summed E-state index contributed by atoms with van der Waals surface area (Å²) in [5.41, 5.74) is 0. The Balaban J connectivity index is 1.66. The molecule has 0 saturated carbocycles. The van der Waals surface area contributed by atoms with Crippen molar-refractivity contribution in [2.75, 3.05) is 39.8 Å². The lowest BCUT2D eigenvalue weighted by Crippen LogP contribution is -2.39. The van der Waals surface area contributed by atoms with Gasteiger partial charge in [0.2, 0.25) is 10.0 Å². The minimum absolute atomic E-state index is 0.0689. The van der Waals surface area contributed by atoms with Crippen LogP contribution in [0.5, 0.6) is 0 Å². The number of amides is 1. The Labute approximate surface area is 149 Å². The van der Waals surface area contributed by atoms with E-state index in [-0.39, 0.29) is 22.3 Å². The molecule has 1 unspecified atom stereocenters. The summed E-state index contributed by atoms with van der Waals surface area (Å²) in [5, 5.41) is 2.88. The second-order valence-corrected chi connectivity index (χ2v) is 9.03. The van der Waals surface area contributed by atoms with Crippen molar-refractivity contribution in [3.63, 3.8) is 0 Å². The number of likely N-dealkylation sites (tertiary alicyclic amines) is 1. The van der Waals surface area contributed by atoms with E-state index >= 15 is 0 Å². The Kier molecular flexibility index (Phi) is 5.50. The Morgan fingerprint density at radius 2 is 2.00 bits per heavy atom. The van der Waals surface area contributed by atoms with E-state index in [1.807, 2.05) is 0 Å². The second-order valence-electron chi connectivity index (χ2n) is 7.12. The van der Waals surface area contributed by atoms with Crippen LogP contribution in [-0.2, 0) is 10.0 Å². The van der Waals surface area contributed by atoms with Crippen LogP contribution in [0, 0.1) is 12.8 Å². The van der Waals surface area contributed by atoms with E-state index in [9.17, 15) is 13.2 Å². The summed E-state index contributed by atoms with van der Waals surface area (Å²) in [5.74, 6) is 0.416. The molecular weight excluding hydrogens is 342 g/mol. The Morgan fingerprint density at radius 3 is 2.68 bits per heavy atom. The number of furan rings is 1. The van der Waals surface area contributed by atoms with Crippen molar-refractivity contribution in [2.45, 2.75) is 37.5 Å². The average Bonchev–Trinajstić information content (AvgIpc) is 3.22. The van der Waals surface area contributed by atoms with Crippen LogP contribution in [0.3, 0.4) is 0 Å². The molecule has 0 bridgehead atoms. The van der Waals surface area contributed by atoms with Crippen molar-refractivity contribution in [3.05, 3.63) is 17.6 Å². The number of nitrogens with zero attached hydrogens (tertiary/aromatic N) is 2. The van der Waals surface area contributed by atoms with Gasteiger partial charge < -0.3 is 14.6 Å². The van der Waals surface area contributed by atoms with Gasteiger partial charge in [0, 0.05) is 32.2 Å². The zero-order valence-electron chi connectivity index (χ0n) is 15.0. The lowest BCUT2D eigenvalue weighted by atomic mass is 9.98. The highest BCUT2D eigenvalue weighted by atomic mass is 32.2. The molecule has 1 amide bonds. The second kappa shape index (κ2) is 7.47. The topological polar surface area (TPSA) is 82.9 Å². The van der Waals surface area contributed by atoms with Crippen LogP contribution in [0.15, 0.2) is 15.4 Å². The fourth-order valence-corrected chi connectivity index (χ4v) is 5.34. The van der Waals surface area contributed by atoms with Gasteiger partial charge in [0.25, 0.3) is 5.91 Å². The smallest absolute Gasteiger partial charge is 0.287 e. The molecule has 25 heavy (non-hydrogen) atoms. The largest absolute Gasteiger partial charge is 0.455 e. The number of nitrogens with one attached hydrogen (secondary N) is 1. The first kappa shape index (κ1) is 18.4. The number of hydrogen-bond donors (Lipinski definition) is 1. The third-order valence-electron chi connectivity index (χ3n) is 5.05. The van der Waals surface area contributed by atoms with Crippen LogP contribution in [-0.4, -0.2) is 63.3 Å². The number of hydrogen-bond acceptors (Lipinski definition) is 5. The van der Waals surface area contributed by atoms with Crippen molar-refractivity contribution >= 4 is 15.9 Å². The Morgan fingerprint density at radius 1 is 1.28 bits per heavy atom. The Bertz CT molecular complexity index is 722. The molecule has 3 rings (SSSR count). The van der Waals surface area contributed by atoms with Gasteiger partial charge in [0.15, 0.2) is 5.76 Å². The monoisotopic (exact) mass is 369 g/mol. The van der Waals surface area contributed by atoms with Crippen LogP contribution < -0.4 is 5.32 Å². The molecule has 7 nitrogen and oxygen atoms in total. The number of rotatable bonds is 5. The molecule has 3 heterocycles. The number of aryl methyl sites for hydroxylation is 1. The van der Waals surface area contributed by atoms with Crippen molar-refractivity contribution in [3.8, 4) is 0 Å². The van der Waals surface area contributed by atoms with E-state index in [1.165, 1.54) is 10.4 Å². The summed E-state index contributed by atoms with van der Waals surface area (Å²) in [6.45, 7) is 5.30. The molecule has 0 spiro atoms. The lowest BCUT2D eigenvalue weighted by Gasteiger charge is -2.29. The highest BCUT2D eigenvalue weighted by Crippen LogP contribution is 2.26. The molecule has 0 radical (unpaired) electrons. The van der Waals surface area contributed by atoms with Gasteiger partial charge in [-0.1, -0.05) is 0 Å². The summed E-state index contributed by atoms with van der Waals surface area (Å²) < 4.78 is 32.2.